The summed E-state index contributed by atoms with van der Waals surface area (Å²) in [6.45, 7) is 3.35. The third-order valence-electron chi connectivity index (χ3n) is 6.38. The van der Waals surface area contributed by atoms with Gasteiger partial charge in [-0.2, -0.15) is 0 Å². The fraction of sp³-hybridized carbons (Fsp3) is 0.600. The number of aliphatic hydroxyl groups is 1. The summed E-state index contributed by atoms with van der Waals surface area (Å²) in [4.78, 5) is 42.2. The smallest absolute Gasteiger partial charge is 0.294 e. The largest absolute Gasteiger partial charge is 0.395 e. The summed E-state index contributed by atoms with van der Waals surface area (Å²) in [5, 5.41) is 20.8. The molecule has 4 rings (SSSR count). The number of rotatable bonds is 5. The fourth-order valence-corrected chi connectivity index (χ4v) is 4.84. The van der Waals surface area contributed by atoms with Gasteiger partial charge in [0.2, 0.25) is 11.8 Å². The maximum absolute atomic E-state index is 12.8. The molecule has 9 heteroatoms. The molecule has 1 aliphatic carbocycles. The first-order valence-electron chi connectivity index (χ1n) is 10.3. The minimum Gasteiger partial charge on any atom is -0.395 e. The Hall–Kier alpha value is -2.52. The Morgan fingerprint density at radius 2 is 1.66 bits per heavy atom. The normalized spacial score (nSPS) is 25.4. The van der Waals surface area contributed by atoms with Crippen LogP contribution in [0.1, 0.15) is 25.7 Å². The molecule has 0 aromatic heterocycles. The van der Waals surface area contributed by atoms with Crippen LogP contribution in [0.4, 0.5) is 17.1 Å². The van der Waals surface area contributed by atoms with Gasteiger partial charge in [0.15, 0.2) is 0 Å². The van der Waals surface area contributed by atoms with Crippen molar-refractivity contribution in [1.29, 1.82) is 0 Å². The highest BCUT2D eigenvalue weighted by Gasteiger charge is 2.49. The van der Waals surface area contributed by atoms with Crippen LogP contribution in [0.2, 0.25) is 0 Å². The molecule has 0 spiro atoms. The third-order valence-corrected chi connectivity index (χ3v) is 6.38. The summed E-state index contributed by atoms with van der Waals surface area (Å²) in [5.74, 6) is -1.01. The van der Waals surface area contributed by atoms with Crippen molar-refractivity contribution in [3.63, 3.8) is 0 Å². The summed E-state index contributed by atoms with van der Waals surface area (Å²) in [5.41, 5.74) is 0.705. The molecule has 2 amide bonds. The summed E-state index contributed by atoms with van der Waals surface area (Å²) >= 11 is 0. The van der Waals surface area contributed by atoms with E-state index in [4.69, 9.17) is 5.11 Å². The molecule has 1 saturated carbocycles. The second-order valence-corrected chi connectivity index (χ2v) is 7.99. The first-order valence-corrected chi connectivity index (χ1v) is 10.3. The summed E-state index contributed by atoms with van der Waals surface area (Å²) < 4.78 is 0. The van der Waals surface area contributed by atoms with Gasteiger partial charge in [-0.3, -0.25) is 24.6 Å². The lowest BCUT2D eigenvalue weighted by Gasteiger charge is -2.35. The van der Waals surface area contributed by atoms with Gasteiger partial charge in [-0.05, 0) is 25.0 Å². The van der Waals surface area contributed by atoms with Gasteiger partial charge in [0.25, 0.3) is 5.69 Å². The molecule has 1 N–H and O–H groups in total. The summed E-state index contributed by atoms with van der Waals surface area (Å²) in [6.07, 6.45) is 3.30. The van der Waals surface area contributed by atoms with Gasteiger partial charge in [-0.1, -0.05) is 12.8 Å². The van der Waals surface area contributed by atoms with Crippen molar-refractivity contribution >= 4 is 28.9 Å². The lowest BCUT2D eigenvalue weighted by Crippen LogP contribution is -2.47. The molecule has 2 saturated heterocycles. The van der Waals surface area contributed by atoms with Crippen LogP contribution in [-0.2, 0) is 9.59 Å². The second-order valence-electron chi connectivity index (χ2n) is 7.99. The Morgan fingerprint density at radius 1 is 1.03 bits per heavy atom. The summed E-state index contributed by atoms with van der Waals surface area (Å²) in [6, 6.07) is 4.66. The standard InChI is InChI=1S/C20H26N4O5/c25-12-11-21-7-9-22(10-8-21)17-6-5-14(13-18(17)24(28)29)23-19(26)15-3-1-2-4-16(15)20(23)27/h5-6,13,15-16,25H,1-4,7-12H2/t15-,16-/m1/s1. The average Bonchev–Trinajstić information content (AvgIpc) is 2.99. The van der Waals surface area contributed by atoms with Gasteiger partial charge < -0.3 is 10.0 Å². The number of imide groups is 1. The lowest BCUT2D eigenvalue weighted by atomic mass is 9.81. The van der Waals surface area contributed by atoms with Gasteiger partial charge in [0.1, 0.15) is 5.69 Å². The van der Waals surface area contributed by atoms with Gasteiger partial charge in [-0.25, -0.2) is 4.90 Å². The van der Waals surface area contributed by atoms with E-state index in [-0.39, 0.29) is 35.9 Å². The Bertz CT molecular complexity index is 797. The number of nitro groups is 1. The molecule has 0 unspecified atom stereocenters. The number of fused-ring (bicyclic) bond motifs is 1. The van der Waals surface area contributed by atoms with E-state index in [2.05, 4.69) is 4.90 Å². The van der Waals surface area contributed by atoms with E-state index in [0.29, 0.717) is 56.9 Å². The van der Waals surface area contributed by atoms with E-state index >= 15 is 0 Å². The van der Waals surface area contributed by atoms with Crippen LogP contribution in [0.25, 0.3) is 0 Å². The highest BCUT2D eigenvalue weighted by atomic mass is 16.6. The molecular formula is C20H26N4O5. The monoisotopic (exact) mass is 402 g/mol. The number of carbonyl (C=O) groups excluding carboxylic acids is 2. The number of nitro benzene ring substituents is 1. The predicted octanol–water partition coefficient (Wildman–Crippen LogP) is 1.39. The maximum atomic E-state index is 12.8. The number of piperazine rings is 1. The average molecular weight is 402 g/mol. The number of benzene rings is 1. The molecule has 3 fully saturated rings. The van der Waals surface area contributed by atoms with Gasteiger partial charge >= 0.3 is 0 Å². The number of nitrogens with zero attached hydrogens (tertiary/aromatic N) is 4. The van der Waals surface area contributed by atoms with Crippen molar-refractivity contribution in [2.45, 2.75) is 25.7 Å². The number of hydrogen-bond donors (Lipinski definition) is 1. The van der Waals surface area contributed by atoms with Crippen LogP contribution in [0.3, 0.4) is 0 Å². The molecule has 1 aromatic carbocycles. The van der Waals surface area contributed by atoms with Gasteiger partial charge in [0.05, 0.1) is 29.1 Å². The highest BCUT2D eigenvalue weighted by molar-refractivity contribution is 6.22. The number of hydrogen-bond acceptors (Lipinski definition) is 7. The molecule has 0 bridgehead atoms. The zero-order chi connectivity index (χ0) is 20.5. The van der Waals surface area contributed by atoms with Crippen molar-refractivity contribution in [1.82, 2.24) is 4.90 Å². The van der Waals surface area contributed by atoms with Crippen LogP contribution in [-0.4, -0.2) is 66.1 Å². The quantitative estimate of drug-likeness (QED) is 0.450. The Morgan fingerprint density at radius 3 is 2.21 bits per heavy atom. The molecule has 2 heterocycles. The zero-order valence-electron chi connectivity index (χ0n) is 16.3. The molecule has 29 heavy (non-hydrogen) atoms. The third kappa shape index (κ3) is 3.60. The van der Waals surface area contributed by atoms with Crippen molar-refractivity contribution in [2.24, 2.45) is 11.8 Å². The number of aliphatic hydroxyl groups excluding tert-OH is 1. The van der Waals surface area contributed by atoms with Crippen LogP contribution in [0.5, 0.6) is 0 Å². The maximum Gasteiger partial charge on any atom is 0.294 e. The van der Waals surface area contributed by atoms with Crippen LogP contribution < -0.4 is 9.80 Å². The van der Waals surface area contributed by atoms with Crippen LogP contribution >= 0.6 is 0 Å². The zero-order valence-corrected chi connectivity index (χ0v) is 16.3. The van der Waals surface area contributed by atoms with Gasteiger partial charge in [-0.15, -0.1) is 0 Å². The van der Waals surface area contributed by atoms with E-state index in [1.807, 2.05) is 4.90 Å². The molecule has 2 atom stereocenters. The molecule has 1 aromatic rings. The van der Waals surface area contributed by atoms with E-state index in [1.54, 1.807) is 12.1 Å². The predicted molar refractivity (Wildman–Crippen MR) is 107 cm³/mol. The van der Waals surface area contributed by atoms with Crippen molar-refractivity contribution < 1.29 is 19.6 Å². The van der Waals surface area contributed by atoms with E-state index in [0.717, 1.165) is 17.7 Å². The number of carbonyl (C=O) groups is 2. The van der Waals surface area contributed by atoms with E-state index in [9.17, 15) is 19.7 Å². The van der Waals surface area contributed by atoms with E-state index < -0.39 is 4.92 Å². The Labute approximate surface area is 169 Å². The Balaban J connectivity index is 1.59. The first kappa shape index (κ1) is 19.8. The molecule has 156 valence electrons. The Kier molecular flexibility index (Phi) is 5.51. The minimum absolute atomic E-state index is 0.0893. The SMILES string of the molecule is O=C1[C@@H]2CCCC[C@H]2C(=O)N1c1ccc(N2CCN(CCO)CC2)c([N+](=O)[O-])c1. The number of anilines is 2. The fourth-order valence-electron chi connectivity index (χ4n) is 4.84. The van der Waals surface area contributed by atoms with Crippen molar-refractivity contribution in [2.75, 3.05) is 49.1 Å². The van der Waals surface area contributed by atoms with Gasteiger partial charge in [0, 0.05) is 38.8 Å². The second kappa shape index (κ2) is 8.08. The highest BCUT2D eigenvalue weighted by Crippen LogP contribution is 2.42. The number of amides is 2. The van der Waals surface area contributed by atoms with Crippen LogP contribution in [0, 0.1) is 22.0 Å². The molecular weight excluding hydrogens is 376 g/mol. The number of β-amino-alcohol motifs (C(OH)–C–C–N with tert-alkyl or cyclic N) is 1. The first-order chi connectivity index (χ1) is 14.0. The van der Waals surface area contributed by atoms with Crippen LogP contribution in [0.15, 0.2) is 18.2 Å². The molecule has 3 aliphatic rings. The van der Waals surface area contributed by atoms with Crippen molar-refractivity contribution in [3.05, 3.63) is 28.3 Å². The molecule has 9 nitrogen and oxygen atoms in total. The molecule has 0 radical (unpaired) electrons. The minimum atomic E-state index is -0.447. The summed E-state index contributed by atoms with van der Waals surface area (Å²) in [7, 11) is 0. The van der Waals surface area contributed by atoms with E-state index in [1.165, 1.54) is 6.07 Å². The topological polar surface area (TPSA) is 107 Å². The van der Waals surface area contributed by atoms with Crippen molar-refractivity contribution in [3.8, 4) is 0 Å². The lowest BCUT2D eigenvalue weighted by molar-refractivity contribution is -0.384. The molecule has 2 aliphatic heterocycles.